The van der Waals surface area contributed by atoms with Gasteiger partial charge in [-0.2, -0.15) is 0 Å². The predicted octanol–water partition coefficient (Wildman–Crippen LogP) is 1.19. The maximum atomic E-state index is 12.8. The fourth-order valence-corrected chi connectivity index (χ4v) is 3.14. The molecular formula is C19H22N4O5. The van der Waals surface area contributed by atoms with Crippen LogP contribution in [0.25, 0.3) is 0 Å². The summed E-state index contributed by atoms with van der Waals surface area (Å²) in [5.74, 6) is 2.53. The van der Waals surface area contributed by atoms with Crippen molar-refractivity contribution < 1.29 is 23.7 Å². The van der Waals surface area contributed by atoms with Crippen LogP contribution in [-0.4, -0.2) is 74.3 Å². The normalized spacial score (nSPS) is 15.6. The number of rotatable bonds is 6. The summed E-state index contributed by atoms with van der Waals surface area (Å²) in [7, 11) is 1.62. The molecule has 0 N–H and O–H groups in total. The molecule has 1 aromatic carbocycles. The van der Waals surface area contributed by atoms with E-state index in [1.807, 2.05) is 11.0 Å². The maximum absolute atomic E-state index is 12.8. The number of fused-ring (bicyclic) bond motifs is 1. The van der Waals surface area contributed by atoms with E-state index in [0.29, 0.717) is 62.3 Å². The Labute approximate surface area is 162 Å². The van der Waals surface area contributed by atoms with Gasteiger partial charge >= 0.3 is 0 Å². The maximum Gasteiger partial charge on any atom is 0.254 e. The van der Waals surface area contributed by atoms with Crippen molar-refractivity contribution in [3.8, 4) is 17.4 Å². The summed E-state index contributed by atoms with van der Waals surface area (Å²) in [6, 6.07) is 8.96. The lowest BCUT2D eigenvalue weighted by Gasteiger charge is -2.35. The molecule has 2 aliphatic heterocycles. The van der Waals surface area contributed by atoms with Crippen LogP contribution in [-0.2, 0) is 4.74 Å². The molecular weight excluding hydrogens is 364 g/mol. The van der Waals surface area contributed by atoms with E-state index in [9.17, 15) is 4.79 Å². The highest BCUT2D eigenvalue weighted by Gasteiger charge is 2.24. The van der Waals surface area contributed by atoms with Gasteiger partial charge in [0, 0.05) is 44.9 Å². The predicted molar refractivity (Wildman–Crippen MR) is 100 cm³/mol. The molecule has 9 nitrogen and oxygen atoms in total. The molecule has 148 valence electrons. The Kier molecular flexibility index (Phi) is 5.43. The van der Waals surface area contributed by atoms with Crippen molar-refractivity contribution in [3.63, 3.8) is 0 Å². The number of anilines is 1. The molecule has 0 bridgehead atoms. The number of nitrogens with zero attached hydrogens (tertiary/aromatic N) is 4. The van der Waals surface area contributed by atoms with Crippen LogP contribution >= 0.6 is 0 Å². The number of methoxy groups -OCH3 is 1. The summed E-state index contributed by atoms with van der Waals surface area (Å²) in [4.78, 5) is 16.7. The number of carbonyl (C=O) groups is 1. The highest BCUT2D eigenvalue weighted by Crippen LogP contribution is 2.33. The largest absolute Gasteiger partial charge is 0.474 e. The van der Waals surface area contributed by atoms with E-state index >= 15 is 0 Å². The highest BCUT2D eigenvalue weighted by atomic mass is 16.7. The van der Waals surface area contributed by atoms with Crippen molar-refractivity contribution in [2.45, 2.75) is 0 Å². The summed E-state index contributed by atoms with van der Waals surface area (Å²) in [6.07, 6.45) is 0. The van der Waals surface area contributed by atoms with Gasteiger partial charge in [-0.25, -0.2) is 0 Å². The van der Waals surface area contributed by atoms with E-state index in [1.165, 1.54) is 0 Å². The van der Waals surface area contributed by atoms with Crippen molar-refractivity contribution in [2.75, 3.05) is 58.2 Å². The second-order valence-electron chi connectivity index (χ2n) is 6.42. The first-order valence-electron chi connectivity index (χ1n) is 9.14. The molecule has 0 atom stereocenters. The van der Waals surface area contributed by atoms with Gasteiger partial charge in [0.15, 0.2) is 17.3 Å². The van der Waals surface area contributed by atoms with E-state index in [2.05, 4.69) is 15.1 Å². The van der Waals surface area contributed by atoms with Crippen LogP contribution in [0.1, 0.15) is 10.4 Å². The molecule has 0 aliphatic carbocycles. The number of carbonyl (C=O) groups excluding carboxylic acids is 1. The van der Waals surface area contributed by atoms with Gasteiger partial charge < -0.3 is 28.7 Å². The summed E-state index contributed by atoms with van der Waals surface area (Å²) >= 11 is 0. The van der Waals surface area contributed by atoms with Gasteiger partial charge in [0.25, 0.3) is 5.91 Å². The minimum atomic E-state index is -0.00840. The summed E-state index contributed by atoms with van der Waals surface area (Å²) in [6.45, 7) is 3.74. The van der Waals surface area contributed by atoms with E-state index in [0.717, 1.165) is 5.82 Å². The van der Waals surface area contributed by atoms with Crippen LogP contribution in [0.15, 0.2) is 30.3 Å². The van der Waals surface area contributed by atoms with E-state index in [1.54, 1.807) is 31.4 Å². The van der Waals surface area contributed by atoms with E-state index in [4.69, 9.17) is 18.9 Å². The van der Waals surface area contributed by atoms with Crippen molar-refractivity contribution in [1.82, 2.24) is 15.1 Å². The van der Waals surface area contributed by atoms with Crippen molar-refractivity contribution in [1.29, 1.82) is 0 Å². The van der Waals surface area contributed by atoms with Crippen LogP contribution in [0.3, 0.4) is 0 Å². The van der Waals surface area contributed by atoms with Gasteiger partial charge in [-0.3, -0.25) is 4.79 Å². The first-order chi connectivity index (χ1) is 13.7. The van der Waals surface area contributed by atoms with Gasteiger partial charge in [-0.1, -0.05) is 0 Å². The number of aromatic nitrogens is 2. The third-order valence-corrected chi connectivity index (χ3v) is 4.67. The van der Waals surface area contributed by atoms with Gasteiger partial charge in [0.2, 0.25) is 12.7 Å². The lowest BCUT2D eigenvalue weighted by molar-refractivity contribution is 0.0746. The van der Waals surface area contributed by atoms with Gasteiger partial charge in [-0.15, -0.1) is 10.2 Å². The smallest absolute Gasteiger partial charge is 0.254 e. The number of piperazine rings is 1. The number of hydrogen-bond acceptors (Lipinski definition) is 8. The number of ether oxygens (including phenoxy) is 4. The molecule has 0 saturated carbocycles. The highest BCUT2D eigenvalue weighted by molar-refractivity contribution is 5.95. The Morgan fingerprint density at radius 3 is 2.61 bits per heavy atom. The van der Waals surface area contributed by atoms with Crippen LogP contribution in [0.2, 0.25) is 0 Å². The average Bonchev–Trinajstić information content (AvgIpc) is 3.22. The average molecular weight is 386 g/mol. The van der Waals surface area contributed by atoms with E-state index < -0.39 is 0 Å². The molecule has 1 amide bonds. The molecule has 0 radical (unpaired) electrons. The minimum absolute atomic E-state index is 0.00840. The summed E-state index contributed by atoms with van der Waals surface area (Å²) < 4.78 is 21.0. The summed E-state index contributed by atoms with van der Waals surface area (Å²) in [5.41, 5.74) is 0.607. The number of amides is 1. The topological polar surface area (TPSA) is 86.3 Å². The monoisotopic (exact) mass is 386 g/mol. The van der Waals surface area contributed by atoms with Crippen molar-refractivity contribution in [2.24, 2.45) is 0 Å². The Bertz CT molecular complexity index is 822. The standard InChI is InChI=1S/C19H22N4O5/c1-25-10-11-26-18-5-4-17(20-21-18)22-6-8-23(9-7-22)19(24)14-2-3-15-16(12-14)28-13-27-15/h2-5,12H,6-11,13H2,1H3. The second kappa shape index (κ2) is 8.30. The van der Waals surface area contributed by atoms with Crippen LogP contribution in [0.4, 0.5) is 5.82 Å². The molecule has 28 heavy (non-hydrogen) atoms. The minimum Gasteiger partial charge on any atom is -0.474 e. The molecule has 4 rings (SSSR count). The molecule has 3 heterocycles. The van der Waals surface area contributed by atoms with Crippen LogP contribution in [0, 0.1) is 0 Å². The Hall–Kier alpha value is -3.07. The molecule has 1 fully saturated rings. The molecule has 2 aromatic rings. The lowest BCUT2D eigenvalue weighted by atomic mass is 10.1. The Morgan fingerprint density at radius 2 is 1.86 bits per heavy atom. The zero-order valence-electron chi connectivity index (χ0n) is 15.7. The molecule has 2 aliphatic rings. The molecule has 9 heteroatoms. The number of benzene rings is 1. The van der Waals surface area contributed by atoms with E-state index in [-0.39, 0.29) is 12.7 Å². The quantitative estimate of drug-likeness (QED) is 0.685. The first-order valence-corrected chi connectivity index (χ1v) is 9.14. The van der Waals surface area contributed by atoms with Gasteiger partial charge in [0.05, 0.1) is 6.61 Å². The van der Waals surface area contributed by atoms with Gasteiger partial charge in [-0.05, 0) is 24.3 Å². The van der Waals surface area contributed by atoms with Crippen LogP contribution < -0.4 is 19.1 Å². The zero-order valence-corrected chi connectivity index (χ0v) is 15.7. The fraction of sp³-hybridized carbons (Fsp3) is 0.421. The zero-order chi connectivity index (χ0) is 19.3. The third-order valence-electron chi connectivity index (χ3n) is 4.67. The second-order valence-corrected chi connectivity index (χ2v) is 6.42. The first kappa shape index (κ1) is 18.3. The van der Waals surface area contributed by atoms with Crippen molar-refractivity contribution >= 4 is 11.7 Å². The van der Waals surface area contributed by atoms with Crippen LogP contribution in [0.5, 0.6) is 17.4 Å². The van der Waals surface area contributed by atoms with Gasteiger partial charge in [0.1, 0.15) is 6.61 Å². The molecule has 0 unspecified atom stereocenters. The van der Waals surface area contributed by atoms with Crippen molar-refractivity contribution in [3.05, 3.63) is 35.9 Å². The third kappa shape index (κ3) is 3.94. The molecule has 1 saturated heterocycles. The number of hydrogen-bond donors (Lipinski definition) is 0. The SMILES string of the molecule is COCCOc1ccc(N2CCN(C(=O)c3ccc4c(c3)OCO4)CC2)nn1. The summed E-state index contributed by atoms with van der Waals surface area (Å²) in [5, 5.41) is 8.31. The molecule has 0 spiro atoms. The Balaban J connectivity index is 1.32. The lowest BCUT2D eigenvalue weighted by Crippen LogP contribution is -2.49. The fourth-order valence-electron chi connectivity index (χ4n) is 3.14. The Morgan fingerprint density at radius 1 is 1.04 bits per heavy atom. The molecule has 1 aromatic heterocycles.